The van der Waals surface area contributed by atoms with Gasteiger partial charge in [-0.05, 0) is 53.9 Å². The van der Waals surface area contributed by atoms with Crippen molar-refractivity contribution in [2.45, 2.75) is 45.2 Å². The smallest absolute Gasteiger partial charge is 0.0249 e. The Labute approximate surface area is 101 Å². The molecule has 0 aromatic carbocycles. The first kappa shape index (κ1) is 13.9. The van der Waals surface area contributed by atoms with Gasteiger partial charge < -0.3 is 10.2 Å². The maximum atomic E-state index is 3.41. The minimum Gasteiger partial charge on any atom is -0.314 e. The van der Waals surface area contributed by atoms with Crippen LogP contribution < -0.4 is 5.32 Å². The summed E-state index contributed by atoms with van der Waals surface area (Å²) < 4.78 is 0. The van der Waals surface area contributed by atoms with Crippen LogP contribution in [0.15, 0.2) is 0 Å². The summed E-state index contributed by atoms with van der Waals surface area (Å²) in [5.41, 5.74) is 0.219. The summed E-state index contributed by atoms with van der Waals surface area (Å²) in [6.07, 6.45) is 2.55. The van der Waals surface area contributed by atoms with Crippen molar-refractivity contribution < 1.29 is 0 Å². The van der Waals surface area contributed by atoms with Crippen LogP contribution in [0.25, 0.3) is 0 Å². The highest BCUT2D eigenvalue weighted by Crippen LogP contribution is 2.15. The first-order valence-electron chi connectivity index (χ1n) is 6.60. The molecule has 1 saturated heterocycles. The van der Waals surface area contributed by atoms with Crippen molar-refractivity contribution in [1.29, 1.82) is 0 Å². The minimum absolute atomic E-state index is 0.219. The summed E-state index contributed by atoms with van der Waals surface area (Å²) in [5.74, 6) is 0. The molecule has 0 aliphatic carbocycles. The number of rotatable bonds is 4. The molecule has 0 aromatic rings. The van der Waals surface area contributed by atoms with Crippen LogP contribution >= 0.6 is 0 Å². The van der Waals surface area contributed by atoms with Crippen molar-refractivity contribution >= 4 is 0 Å². The Balaban J connectivity index is 2.61. The van der Waals surface area contributed by atoms with E-state index in [1.54, 1.807) is 0 Å². The normalized spacial score (nSPS) is 25.7. The zero-order valence-electron chi connectivity index (χ0n) is 11.7. The first-order chi connectivity index (χ1) is 7.48. The molecular weight excluding hydrogens is 198 g/mol. The van der Waals surface area contributed by atoms with E-state index >= 15 is 0 Å². The van der Waals surface area contributed by atoms with Gasteiger partial charge in [-0.15, -0.1) is 0 Å². The predicted octanol–water partition coefficient (Wildman–Crippen LogP) is 1.40. The zero-order valence-corrected chi connectivity index (χ0v) is 11.7. The molecule has 0 bridgehead atoms. The van der Waals surface area contributed by atoms with Crippen molar-refractivity contribution in [2.24, 2.45) is 0 Å². The van der Waals surface area contributed by atoms with Crippen LogP contribution in [0.4, 0.5) is 0 Å². The lowest BCUT2D eigenvalue weighted by Crippen LogP contribution is -2.51. The lowest BCUT2D eigenvalue weighted by atomic mass is 10.0. The predicted molar refractivity (Wildman–Crippen MR) is 70.9 cm³/mol. The van der Waals surface area contributed by atoms with E-state index in [1.165, 1.54) is 32.5 Å². The summed E-state index contributed by atoms with van der Waals surface area (Å²) in [6, 6.07) is 0.722. The molecule has 1 aliphatic heterocycles. The maximum absolute atomic E-state index is 3.41. The van der Waals surface area contributed by atoms with E-state index in [2.05, 4.69) is 50.0 Å². The number of hydrogen-bond donors (Lipinski definition) is 1. The summed E-state index contributed by atoms with van der Waals surface area (Å²) in [7, 11) is 4.31. The molecule has 1 N–H and O–H groups in total. The average Bonchev–Trinajstić information content (AvgIpc) is 2.40. The molecule has 3 nitrogen and oxygen atoms in total. The van der Waals surface area contributed by atoms with Crippen molar-refractivity contribution in [3.05, 3.63) is 0 Å². The standard InChI is InChI=1S/C13H29N3/c1-6-12-10-15(5)8-7-9-16(12)11-13(2,3)14-4/h12,14H,6-11H2,1-5H3. The highest BCUT2D eigenvalue weighted by atomic mass is 15.2. The van der Waals surface area contributed by atoms with Crippen molar-refractivity contribution in [3.63, 3.8) is 0 Å². The molecule has 0 aromatic heterocycles. The molecule has 3 heteroatoms. The fourth-order valence-electron chi connectivity index (χ4n) is 2.48. The lowest BCUT2D eigenvalue weighted by Gasteiger charge is -2.36. The maximum Gasteiger partial charge on any atom is 0.0249 e. The van der Waals surface area contributed by atoms with Crippen molar-refractivity contribution in [3.8, 4) is 0 Å². The van der Waals surface area contributed by atoms with E-state index < -0.39 is 0 Å². The molecule has 1 fully saturated rings. The molecule has 1 atom stereocenters. The van der Waals surface area contributed by atoms with Gasteiger partial charge in [-0.25, -0.2) is 0 Å². The number of nitrogens with one attached hydrogen (secondary N) is 1. The second kappa shape index (κ2) is 5.99. The van der Waals surface area contributed by atoms with Gasteiger partial charge in [-0.3, -0.25) is 4.90 Å². The van der Waals surface area contributed by atoms with Gasteiger partial charge in [-0.1, -0.05) is 6.92 Å². The Morgan fingerprint density at radius 3 is 2.56 bits per heavy atom. The van der Waals surface area contributed by atoms with Gasteiger partial charge in [0.2, 0.25) is 0 Å². The van der Waals surface area contributed by atoms with E-state index in [0.29, 0.717) is 0 Å². The molecule has 1 rings (SSSR count). The SMILES string of the molecule is CCC1CN(C)CCCN1CC(C)(C)NC. The van der Waals surface area contributed by atoms with Crippen LogP contribution in [0.3, 0.4) is 0 Å². The van der Waals surface area contributed by atoms with Gasteiger partial charge in [0.05, 0.1) is 0 Å². The zero-order chi connectivity index (χ0) is 12.2. The third kappa shape index (κ3) is 4.04. The van der Waals surface area contributed by atoms with Crippen LogP contribution in [-0.2, 0) is 0 Å². The molecule has 16 heavy (non-hydrogen) atoms. The molecule has 96 valence electrons. The largest absolute Gasteiger partial charge is 0.314 e. The van der Waals surface area contributed by atoms with Gasteiger partial charge in [0.15, 0.2) is 0 Å². The summed E-state index contributed by atoms with van der Waals surface area (Å²) in [5, 5.41) is 3.41. The molecule has 1 heterocycles. The summed E-state index contributed by atoms with van der Waals surface area (Å²) >= 11 is 0. The average molecular weight is 227 g/mol. The van der Waals surface area contributed by atoms with Crippen LogP contribution in [0.5, 0.6) is 0 Å². The Morgan fingerprint density at radius 2 is 2.00 bits per heavy atom. The van der Waals surface area contributed by atoms with Gasteiger partial charge in [0.25, 0.3) is 0 Å². The van der Waals surface area contributed by atoms with E-state index in [0.717, 1.165) is 12.6 Å². The third-order valence-corrected chi connectivity index (χ3v) is 3.77. The molecule has 0 radical (unpaired) electrons. The fraction of sp³-hybridized carbons (Fsp3) is 1.00. The van der Waals surface area contributed by atoms with Crippen LogP contribution in [0, 0.1) is 0 Å². The number of hydrogen-bond acceptors (Lipinski definition) is 3. The molecule has 0 saturated carbocycles. The first-order valence-corrected chi connectivity index (χ1v) is 6.60. The van der Waals surface area contributed by atoms with Crippen molar-refractivity contribution in [1.82, 2.24) is 15.1 Å². The van der Waals surface area contributed by atoms with Gasteiger partial charge >= 0.3 is 0 Å². The number of likely N-dealkylation sites (N-methyl/N-ethyl adjacent to an activating group) is 2. The second-order valence-electron chi connectivity index (χ2n) is 5.78. The number of nitrogens with zero attached hydrogens (tertiary/aromatic N) is 2. The van der Waals surface area contributed by atoms with Crippen LogP contribution in [0.2, 0.25) is 0 Å². The Morgan fingerprint density at radius 1 is 1.31 bits per heavy atom. The van der Waals surface area contributed by atoms with Crippen LogP contribution in [-0.4, -0.2) is 61.7 Å². The monoisotopic (exact) mass is 227 g/mol. The lowest BCUT2D eigenvalue weighted by molar-refractivity contribution is 0.144. The molecule has 1 unspecified atom stereocenters. The Hall–Kier alpha value is -0.120. The Kier molecular flexibility index (Phi) is 5.22. The molecule has 1 aliphatic rings. The fourth-order valence-corrected chi connectivity index (χ4v) is 2.48. The van der Waals surface area contributed by atoms with Gasteiger partial charge in [0, 0.05) is 24.7 Å². The summed E-state index contributed by atoms with van der Waals surface area (Å²) in [6.45, 7) is 11.7. The Bertz CT molecular complexity index is 203. The van der Waals surface area contributed by atoms with E-state index in [1.807, 2.05) is 0 Å². The molecule has 0 amide bonds. The topological polar surface area (TPSA) is 18.5 Å². The van der Waals surface area contributed by atoms with Gasteiger partial charge in [0.1, 0.15) is 0 Å². The second-order valence-corrected chi connectivity index (χ2v) is 5.78. The van der Waals surface area contributed by atoms with Crippen LogP contribution in [0.1, 0.15) is 33.6 Å². The van der Waals surface area contributed by atoms with Crippen molar-refractivity contribution in [2.75, 3.05) is 40.3 Å². The minimum atomic E-state index is 0.219. The molecular formula is C13H29N3. The van der Waals surface area contributed by atoms with E-state index in [4.69, 9.17) is 0 Å². The summed E-state index contributed by atoms with van der Waals surface area (Å²) in [4.78, 5) is 5.14. The molecule has 0 spiro atoms. The van der Waals surface area contributed by atoms with Gasteiger partial charge in [-0.2, -0.15) is 0 Å². The quantitative estimate of drug-likeness (QED) is 0.783. The highest BCUT2D eigenvalue weighted by molar-refractivity contribution is 4.86. The van der Waals surface area contributed by atoms with E-state index in [-0.39, 0.29) is 5.54 Å². The highest BCUT2D eigenvalue weighted by Gasteiger charge is 2.26. The van der Waals surface area contributed by atoms with E-state index in [9.17, 15) is 0 Å². The third-order valence-electron chi connectivity index (χ3n) is 3.77.